The van der Waals surface area contributed by atoms with E-state index in [1.54, 1.807) is 13.1 Å². The Hall–Kier alpha value is -2.17. The molecule has 2 aromatic rings. The number of halogens is 1. The summed E-state index contributed by atoms with van der Waals surface area (Å²) < 4.78 is 20.0. The van der Waals surface area contributed by atoms with Crippen LogP contribution in [-0.4, -0.2) is 22.1 Å². The molecule has 0 aliphatic carbocycles. The van der Waals surface area contributed by atoms with Crippen LogP contribution in [0.2, 0.25) is 0 Å². The van der Waals surface area contributed by atoms with Crippen LogP contribution in [0.4, 0.5) is 4.39 Å². The minimum absolute atomic E-state index is 0.220. The Kier molecular flexibility index (Phi) is 3.73. The van der Waals surface area contributed by atoms with Crippen LogP contribution in [0, 0.1) is 5.82 Å². The van der Waals surface area contributed by atoms with Gasteiger partial charge in [-0.2, -0.15) is 0 Å². The lowest BCUT2D eigenvalue weighted by molar-refractivity contribution is 0.0520. The highest BCUT2D eigenvalue weighted by Gasteiger charge is 2.23. The highest BCUT2D eigenvalue weighted by atomic mass is 19.1. The summed E-state index contributed by atoms with van der Waals surface area (Å²) in [4.78, 5) is 16.1. The van der Waals surface area contributed by atoms with Crippen molar-refractivity contribution in [3.05, 3.63) is 53.4 Å². The highest BCUT2D eigenvalue weighted by molar-refractivity contribution is 5.87. The number of rotatable bonds is 3. The summed E-state index contributed by atoms with van der Waals surface area (Å²) in [7, 11) is 0. The van der Waals surface area contributed by atoms with Gasteiger partial charge in [-0.3, -0.25) is 0 Å². The summed E-state index contributed by atoms with van der Waals surface area (Å²) >= 11 is 0. The third kappa shape index (κ3) is 2.82. The number of hydrogen-bond donors (Lipinski definition) is 0. The average Bonchev–Trinajstić information content (AvgIpc) is 2.91. The van der Waals surface area contributed by atoms with Crippen LogP contribution in [0.1, 0.15) is 41.1 Å². The van der Waals surface area contributed by atoms with Gasteiger partial charge >= 0.3 is 5.97 Å². The van der Waals surface area contributed by atoms with Crippen molar-refractivity contribution in [3.63, 3.8) is 0 Å². The van der Waals surface area contributed by atoms with Gasteiger partial charge < -0.3 is 9.30 Å². The predicted octanol–water partition coefficient (Wildman–Crippen LogP) is 2.93. The van der Waals surface area contributed by atoms with Crippen molar-refractivity contribution in [3.8, 4) is 0 Å². The second kappa shape index (κ2) is 5.68. The van der Waals surface area contributed by atoms with Crippen LogP contribution < -0.4 is 0 Å². The number of nitrogens with zero attached hydrogens (tertiary/aromatic N) is 2. The molecule has 2 heterocycles. The molecular weight excluding hydrogens is 271 g/mol. The Balaban J connectivity index is 1.79. The standard InChI is InChI=1S/C16H17FN2O2/c1-2-21-16(20)14-10-19-9-12(5-8-15(19)18-14)11-3-6-13(17)7-4-11/h3-4,6-7,10,12H,2,5,8-9H2,1H3. The maximum atomic E-state index is 13.0. The molecule has 0 N–H and O–H groups in total. The molecule has 1 aliphatic heterocycles. The molecule has 1 aromatic heterocycles. The first-order valence-electron chi connectivity index (χ1n) is 7.16. The monoisotopic (exact) mass is 288 g/mol. The molecule has 1 unspecified atom stereocenters. The van der Waals surface area contributed by atoms with Crippen LogP contribution >= 0.6 is 0 Å². The van der Waals surface area contributed by atoms with Gasteiger partial charge in [0.15, 0.2) is 5.69 Å². The van der Waals surface area contributed by atoms with E-state index in [2.05, 4.69) is 4.98 Å². The second-order valence-corrected chi connectivity index (χ2v) is 5.20. The van der Waals surface area contributed by atoms with Gasteiger partial charge in [0, 0.05) is 25.1 Å². The number of hydrogen-bond acceptors (Lipinski definition) is 3. The first-order valence-corrected chi connectivity index (χ1v) is 7.16. The van der Waals surface area contributed by atoms with Gasteiger partial charge in [0.2, 0.25) is 0 Å². The molecule has 1 atom stereocenters. The first kappa shape index (κ1) is 13.8. The molecule has 21 heavy (non-hydrogen) atoms. The zero-order valence-electron chi connectivity index (χ0n) is 11.9. The topological polar surface area (TPSA) is 44.1 Å². The minimum Gasteiger partial charge on any atom is -0.461 e. The number of carbonyl (C=O) groups is 1. The molecule has 5 heteroatoms. The Morgan fingerprint density at radius 2 is 2.19 bits per heavy atom. The van der Waals surface area contributed by atoms with Crippen LogP contribution in [-0.2, 0) is 17.7 Å². The molecule has 0 fully saturated rings. The van der Waals surface area contributed by atoms with Crippen LogP contribution in [0.3, 0.4) is 0 Å². The average molecular weight is 288 g/mol. The van der Waals surface area contributed by atoms with Crippen molar-refractivity contribution < 1.29 is 13.9 Å². The molecule has 0 saturated carbocycles. The fourth-order valence-corrected chi connectivity index (χ4v) is 2.75. The van der Waals surface area contributed by atoms with Gasteiger partial charge in [-0.15, -0.1) is 0 Å². The predicted molar refractivity (Wildman–Crippen MR) is 75.6 cm³/mol. The zero-order chi connectivity index (χ0) is 14.8. The van der Waals surface area contributed by atoms with Crippen molar-refractivity contribution in [1.29, 1.82) is 0 Å². The van der Waals surface area contributed by atoms with Crippen molar-refractivity contribution in [2.75, 3.05) is 6.61 Å². The molecule has 110 valence electrons. The number of benzene rings is 1. The number of aromatic nitrogens is 2. The maximum absolute atomic E-state index is 13.0. The van der Waals surface area contributed by atoms with Gasteiger partial charge in [-0.25, -0.2) is 14.2 Å². The summed E-state index contributed by atoms with van der Waals surface area (Å²) in [6.07, 6.45) is 3.51. The number of carbonyl (C=O) groups excluding carboxylic acids is 1. The summed E-state index contributed by atoms with van der Waals surface area (Å²) in [5.41, 5.74) is 1.49. The van der Waals surface area contributed by atoms with E-state index in [1.165, 1.54) is 12.1 Å². The highest BCUT2D eigenvalue weighted by Crippen LogP contribution is 2.29. The molecular formula is C16H17FN2O2. The van der Waals surface area contributed by atoms with Gasteiger partial charge in [0.1, 0.15) is 11.6 Å². The maximum Gasteiger partial charge on any atom is 0.358 e. The van der Waals surface area contributed by atoms with Crippen molar-refractivity contribution in [1.82, 2.24) is 9.55 Å². The molecule has 0 saturated heterocycles. The quantitative estimate of drug-likeness (QED) is 0.816. The van der Waals surface area contributed by atoms with E-state index in [9.17, 15) is 9.18 Å². The summed E-state index contributed by atoms with van der Waals surface area (Å²) in [5, 5.41) is 0. The van der Waals surface area contributed by atoms with Gasteiger partial charge in [-0.05, 0) is 31.0 Å². The third-order valence-corrected chi connectivity index (χ3v) is 3.82. The number of fused-ring (bicyclic) bond motifs is 1. The summed E-state index contributed by atoms with van der Waals surface area (Å²) in [6.45, 7) is 2.88. The fourth-order valence-electron chi connectivity index (χ4n) is 2.75. The van der Waals surface area contributed by atoms with Gasteiger partial charge in [0.25, 0.3) is 0 Å². The largest absolute Gasteiger partial charge is 0.461 e. The first-order chi connectivity index (χ1) is 10.2. The Labute approximate surface area is 122 Å². The van der Waals surface area contributed by atoms with E-state index in [-0.39, 0.29) is 11.8 Å². The van der Waals surface area contributed by atoms with E-state index in [4.69, 9.17) is 4.74 Å². The van der Waals surface area contributed by atoms with Gasteiger partial charge in [-0.1, -0.05) is 12.1 Å². The normalized spacial score (nSPS) is 17.3. The molecule has 1 aliphatic rings. The molecule has 0 radical (unpaired) electrons. The number of imidazole rings is 1. The Bertz CT molecular complexity index is 649. The lowest BCUT2D eigenvalue weighted by Gasteiger charge is -2.24. The van der Waals surface area contributed by atoms with E-state index >= 15 is 0 Å². The lowest BCUT2D eigenvalue weighted by atomic mass is 9.92. The van der Waals surface area contributed by atoms with Crippen LogP contribution in [0.25, 0.3) is 0 Å². The van der Waals surface area contributed by atoms with E-state index in [0.29, 0.717) is 18.2 Å². The Morgan fingerprint density at radius 1 is 1.43 bits per heavy atom. The fraction of sp³-hybridized carbons (Fsp3) is 0.375. The second-order valence-electron chi connectivity index (χ2n) is 5.20. The number of aryl methyl sites for hydroxylation is 1. The van der Waals surface area contributed by atoms with Crippen LogP contribution in [0.5, 0.6) is 0 Å². The summed E-state index contributed by atoms with van der Waals surface area (Å²) in [5.74, 6) is 0.638. The Morgan fingerprint density at radius 3 is 2.90 bits per heavy atom. The third-order valence-electron chi connectivity index (χ3n) is 3.82. The van der Waals surface area contributed by atoms with Crippen LogP contribution in [0.15, 0.2) is 30.5 Å². The molecule has 1 aromatic carbocycles. The number of esters is 1. The molecule has 0 amide bonds. The van der Waals surface area contributed by atoms with Crippen molar-refractivity contribution >= 4 is 5.97 Å². The van der Waals surface area contributed by atoms with E-state index in [0.717, 1.165) is 30.8 Å². The minimum atomic E-state index is -0.377. The van der Waals surface area contributed by atoms with Gasteiger partial charge in [0.05, 0.1) is 6.61 Å². The molecule has 3 rings (SSSR count). The SMILES string of the molecule is CCOC(=O)c1cn2c(n1)CCC(c1ccc(F)cc1)C2. The van der Waals surface area contributed by atoms with Crippen molar-refractivity contribution in [2.45, 2.75) is 32.2 Å². The number of ether oxygens (including phenoxy) is 1. The molecule has 4 nitrogen and oxygen atoms in total. The summed E-state index contributed by atoms with van der Waals surface area (Å²) in [6, 6.07) is 6.63. The van der Waals surface area contributed by atoms with E-state index in [1.807, 2.05) is 16.7 Å². The molecule has 0 bridgehead atoms. The van der Waals surface area contributed by atoms with E-state index < -0.39 is 0 Å². The zero-order valence-corrected chi connectivity index (χ0v) is 11.9. The smallest absolute Gasteiger partial charge is 0.358 e. The molecule has 0 spiro atoms. The lowest BCUT2D eigenvalue weighted by Crippen LogP contribution is -2.18. The van der Waals surface area contributed by atoms with Crippen molar-refractivity contribution in [2.24, 2.45) is 0 Å².